The molecule has 2 heterocycles. The molecule has 0 aliphatic carbocycles. The molecule has 0 aliphatic rings. The molecule has 0 fully saturated rings. The van der Waals surface area contributed by atoms with E-state index in [0.29, 0.717) is 69.3 Å². The standard InChI is InChI=1S/C27H34FN4O6P.C26H38N3O8P.2CH4/c1-5-37-39(36,38-6-2)16-15-31(3)18-20-7-11-21(12-8-20)25-30-23(24(33)27(35)32(25)4)26(34)29-17-19-9-13-22(28)14-10-19;1-9-35-38(33,36-10-2)16-15-28(6)17-18-11-13-19(14-12-18)22-27-20(24(31)34-8)21(23(30)29(22)7)37-25(32)26(3,4)5;;/h7-14,33H,5-6,15-18H2,1-4H3,(H,29,34);11-14H,9-10,15-17H2,1-8H3;2*1H4. The third-order valence-electron chi connectivity index (χ3n) is 11.4. The molecule has 21 nitrogen and oxygen atoms in total. The van der Waals surface area contributed by atoms with Crippen molar-refractivity contribution in [1.82, 2.24) is 34.2 Å². The molecule has 0 bridgehead atoms. The zero-order chi connectivity index (χ0) is 57.3. The molecule has 24 heteroatoms. The molecule has 0 unspecified atom stereocenters. The van der Waals surface area contributed by atoms with E-state index in [1.165, 1.54) is 47.5 Å². The average Bonchev–Trinajstić information content (AvgIpc) is 3.38. The number of carbonyl (C=O) groups excluding carboxylic acids is 3. The van der Waals surface area contributed by atoms with Crippen molar-refractivity contribution in [2.24, 2.45) is 19.5 Å². The van der Waals surface area contributed by atoms with E-state index in [4.69, 9.17) is 27.6 Å². The third-order valence-corrected chi connectivity index (χ3v) is 15.5. The Kier molecular flexibility index (Phi) is 27.5. The molecule has 2 N–H and O–H groups in total. The number of esters is 2. The first-order valence-corrected chi connectivity index (χ1v) is 28.3. The summed E-state index contributed by atoms with van der Waals surface area (Å²) in [7, 11) is 1.65. The Morgan fingerprint density at radius 1 is 0.658 bits per heavy atom. The maximum Gasteiger partial charge on any atom is 0.360 e. The van der Waals surface area contributed by atoms with Gasteiger partial charge in [0.25, 0.3) is 17.0 Å². The number of benzene rings is 3. The molecule has 0 radical (unpaired) electrons. The number of amides is 1. The highest BCUT2D eigenvalue weighted by Gasteiger charge is 2.31. The molecule has 1 amide bonds. The molecular formula is C55H80FN7O14P2. The zero-order valence-corrected chi connectivity index (χ0v) is 47.7. The minimum absolute atomic E-state index is 0. The van der Waals surface area contributed by atoms with E-state index in [0.717, 1.165) is 18.2 Å². The summed E-state index contributed by atoms with van der Waals surface area (Å²) < 4.78 is 72.4. The molecule has 5 aromatic rings. The van der Waals surface area contributed by atoms with Crippen LogP contribution in [0.3, 0.4) is 0 Å². The highest BCUT2D eigenvalue weighted by Crippen LogP contribution is 2.48. The monoisotopic (exact) mass is 1140 g/mol. The van der Waals surface area contributed by atoms with Gasteiger partial charge in [0.1, 0.15) is 17.5 Å². The van der Waals surface area contributed by atoms with Crippen molar-refractivity contribution >= 4 is 33.0 Å². The van der Waals surface area contributed by atoms with Crippen LogP contribution in [0.25, 0.3) is 22.8 Å². The van der Waals surface area contributed by atoms with Crippen LogP contribution in [0.15, 0.2) is 82.4 Å². The van der Waals surface area contributed by atoms with E-state index >= 15 is 0 Å². The molecule has 0 saturated heterocycles. The number of methoxy groups -OCH3 is 1. The van der Waals surface area contributed by atoms with Crippen molar-refractivity contribution in [2.45, 2.75) is 83.0 Å². The van der Waals surface area contributed by atoms with Crippen molar-refractivity contribution in [3.8, 4) is 34.3 Å². The largest absolute Gasteiger partial charge is 0.501 e. The summed E-state index contributed by atoms with van der Waals surface area (Å²) in [6.45, 7) is 15.5. The van der Waals surface area contributed by atoms with Crippen LogP contribution in [-0.4, -0.2) is 125 Å². The van der Waals surface area contributed by atoms with Crippen molar-refractivity contribution in [1.29, 1.82) is 0 Å². The summed E-state index contributed by atoms with van der Waals surface area (Å²) in [5, 5.41) is 12.9. The number of aromatic hydroxyl groups is 1. The highest BCUT2D eigenvalue weighted by molar-refractivity contribution is 7.54. The Morgan fingerprint density at radius 3 is 1.44 bits per heavy atom. The molecule has 2 aromatic heterocycles. The van der Waals surface area contributed by atoms with Gasteiger partial charge in [-0.2, -0.15) is 0 Å². The first-order chi connectivity index (χ1) is 36.3. The Bertz CT molecular complexity index is 3000. The maximum absolute atomic E-state index is 13.1. The second-order valence-corrected chi connectivity index (χ2v) is 23.0. The lowest BCUT2D eigenvalue weighted by molar-refractivity contribution is -0.143. The van der Waals surface area contributed by atoms with E-state index in [2.05, 4.69) is 15.3 Å². The number of halogens is 1. The lowest BCUT2D eigenvalue weighted by Crippen LogP contribution is -2.32. The van der Waals surface area contributed by atoms with Gasteiger partial charge in [-0.15, -0.1) is 0 Å². The predicted octanol–water partition coefficient (Wildman–Crippen LogP) is 9.08. The Labute approximate surface area is 463 Å². The van der Waals surface area contributed by atoms with Crippen molar-refractivity contribution < 1.29 is 60.6 Å². The van der Waals surface area contributed by atoms with Gasteiger partial charge in [-0.1, -0.05) is 75.5 Å². The van der Waals surface area contributed by atoms with Crippen LogP contribution in [0.2, 0.25) is 0 Å². The van der Waals surface area contributed by atoms with Crippen LogP contribution in [-0.2, 0) is 70.5 Å². The quantitative estimate of drug-likeness (QED) is 0.0408. The van der Waals surface area contributed by atoms with Gasteiger partial charge in [0, 0.05) is 57.9 Å². The minimum Gasteiger partial charge on any atom is -0.501 e. The molecule has 3 aromatic carbocycles. The number of aromatic nitrogens is 4. The summed E-state index contributed by atoms with van der Waals surface area (Å²) in [4.78, 5) is 76.0. The summed E-state index contributed by atoms with van der Waals surface area (Å²) in [5.41, 5.74) is 0.604. The molecule has 79 heavy (non-hydrogen) atoms. The van der Waals surface area contributed by atoms with Crippen molar-refractivity contribution in [2.75, 3.05) is 73.0 Å². The number of rotatable bonds is 25. The van der Waals surface area contributed by atoms with Gasteiger partial charge in [-0.05, 0) is 91.4 Å². The second-order valence-electron chi connectivity index (χ2n) is 18.6. The predicted molar refractivity (Wildman–Crippen MR) is 303 cm³/mol. The van der Waals surface area contributed by atoms with Gasteiger partial charge >= 0.3 is 27.1 Å². The molecule has 0 spiro atoms. The number of ether oxygens (including phenoxy) is 2. The SMILES string of the molecule is C.C.CCOP(=O)(CCN(C)Cc1ccc(-c2nc(C(=O)NCc3ccc(F)cc3)c(O)c(=O)n2C)cc1)OCC.CCOP(=O)(CCN(C)Cc1ccc(-c2nc(C(=O)OC)c(OC(=O)C(C)(C)C)c(=O)n2C)cc1)OCC. The number of hydrogen-bond donors (Lipinski definition) is 2. The van der Waals surface area contributed by atoms with Crippen LogP contribution >= 0.6 is 15.2 Å². The van der Waals surface area contributed by atoms with E-state index in [9.17, 15) is 42.6 Å². The van der Waals surface area contributed by atoms with Gasteiger partial charge in [0.2, 0.25) is 11.5 Å². The number of hydrogen-bond acceptors (Lipinski definition) is 18. The normalized spacial score (nSPS) is 11.5. The Morgan fingerprint density at radius 2 is 1.05 bits per heavy atom. The summed E-state index contributed by atoms with van der Waals surface area (Å²) in [6.07, 6.45) is 0.548. The smallest absolute Gasteiger partial charge is 0.360 e. The summed E-state index contributed by atoms with van der Waals surface area (Å²) in [6, 6.07) is 20.2. The topological polar surface area (TPSA) is 249 Å². The average molecular weight is 1140 g/mol. The van der Waals surface area contributed by atoms with Gasteiger partial charge < -0.3 is 47.8 Å². The molecule has 0 saturated carbocycles. The lowest BCUT2D eigenvalue weighted by Gasteiger charge is -2.21. The van der Waals surface area contributed by atoms with Crippen molar-refractivity contribution in [3.63, 3.8) is 0 Å². The van der Waals surface area contributed by atoms with E-state index < -0.39 is 72.6 Å². The number of nitrogens with one attached hydrogen (secondary N) is 1. The first-order valence-electron chi connectivity index (χ1n) is 24.9. The Balaban J connectivity index is 0.000000527. The summed E-state index contributed by atoms with van der Waals surface area (Å²) in [5.74, 6) is -3.51. The van der Waals surface area contributed by atoms with Crippen LogP contribution < -0.4 is 21.2 Å². The second kappa shape index (κ2) is 31.5. The van der Waals surface area contributed by atoms with Gasteiger partial charge in [0.15, 0.2) is 11.4 Å². The molecular weight excluding hydrogens is 1060 g/mol. The maximum atomic E-state index is 13.1. The fourth-order valence-electron chi connectivity index (χ4n) is 7.29. The lowest BCUT2D eigenvalue weighted by atomic mass is 9.97. The van der Waals surface area contributed by atoms with Gasteiger partial charge in [-0.3, -0.25) is 37.4 Å². The molecule has 0 aliphatic heterocycles. The summed E-state index contributed by atoms with van der Waals surface area (Å²) >= 11 is 0. The number of carbonyl (C=O) groups is 3. The highest BCUT2D eigenvalue weighted by atomic mass is 31.2. The van der Waals surface area contributed by atoms with Gasteiger partial charge in [0.05, 0.1) is 51.3 Å². The van der Waals surface area contributed by atoms with Gasteiger partial charge in [-0.25, -0.2) is 19.2 Å². The first kappa shape index (κ1) is 68.9. The fraction of sp³-hybridized carbons (Fsp3) is 0.473. The minimum atomic E-state index is -3.13. The Hall–Kier alpha value is -6.22. The van der Waals surface area contributed by atoms with Crippen LogP contribution in [0.4, 0.5) is 4.39 Å². The molecule has 5 rings (SSSR count). The van der Waals surface area contributed by atoms with Crippen LogP contribution in [0, 0.1) is 11.2 Å². The molecule has 436 valence electrons. The van der Waals surface area contributed by atoms with Crippen molar-refractivity contribution in [3.05, 3.63) is 127 Å². The molecule has 0 atom stereocenters. The van der Waals surface area contributed by atoms with E-state index in [1.54, 1.807) is 72.7 Å². The van der Waals surface area contributed by atoms with Crippen LogP contribution in [0.5, 0.6) is 11.5 Å². The van der Waals surface area contributed by atoms with E-state index in [-0.39, 0.29) is 51.1 Å². The number of nitrogens with zero attached hydrogens (tertiary/aromatic N) is 6. The zero-order valence-electron chi connectivity index (χ0n) is 45.9. The third kappa shape index (κ3) is 19.8. The van der Waals surface area contributed by atoms with Crippen LogP contribution in [0.1, 0.15) is 101 Å². The van der Waals surface area contributed by atoms with E-state index in [1.807, 2.05) is 48.2 Å². The fourth-order valence-corrected chi connectivity index (χ4v) is 10.7.